The molecule has 1 nitrogen and oxygen atoms in total. The summed E-state index contributed by atoms with van der Waals surface area (Å²) in [7, 11) is 2.59. The molecule has 3 rings (SSSR count). The zero-order chi connectivity index (χ0) is 10.3. The van der Waals surface area contributed by atoms with Crippen LogP contribution in [0.1, 0.15) is 22.6 Å². The predicted octanol–water partition coefficient (Wildman–Crippen LogP) is 1.78. The molecule has 2 heteroatoms. The Labute approximate surface area is 94.3 Å². The van der Waals surface area contributed by atoms with Crippen LogP contribution in [0.3, 0.4) is 0 Å². The average Bonchev–Trinajstić information content (AvgIpc) is 2.15. The average molecular weight is 217 g/mol. The van der Waals surface area contributed by atoms with Crippen LogP contribution in [0.25, 0.3) is 0 Å². The van der Waals surface area contributed by atoms with Gasteiger partial charge in [0.15, 0.2) is 0 Å². The van der Waals surface area contributed by atoms with Crippen molar-refractivity contribution in [3.63, 3.8) is 0 Å². The number of nitrogens with zero attached hydrogens (tertiary/aromatic N) is 1. The third kappa shape index (κ3) is 1.77. The molecule has 2 aliphatic rings. The highest BCUT2D eigenvalue weighted by molar-refractivity contribution is 6.40. The molecule has 0 N–H and O–H groups in total. The smallest absolute Gasteiger partial charge is 0.0233 e. The number of hydrogen-bond donors (Lipinski definition) is 0. The van der Waals surface area contributed by atoms with Gasteiger partial charge in [0.2, 0.25) is 0 Å². The van der Waals surface area contributed by atoms with Crippen LogP contribution >= 0.6 is 0 Å². The van der Waals surface area contributed by atoms with E-state index in [1.54, 1.807) is 28.8 Å². The summed E-state index contributed by atoms with van der Waals surface area (Å²) in [5, 5.41) is 0. The SMILES string of the molecule is CN1CCc2cc(C3C[SiH2]C3)ccc2C1. The van der Waals surface area contributed by atoms with E-state index in [-0.39, 0.29) is 0 Å². The number of benzene rings is 1. The molecule has 0 unspecified atom stereocenters. The molecule has 1 aromatic rings. The number of likely N-dealkylation sites (N-methyl/N-ethyl adjacent to an activating group) is 1. The van der Waals surface area contributed by atoms with Crippen LogP contribution in [0.4, 0.5) is 0 Å². The van der Waals surface area contributed by atoms with Gasteiger partial charge in [-0.15, -0.1) is 0 Å². The largest absolute Gasteiger partial charge is 0.302 e. The first-order chi connectivity index (χ1) is 7.33. The third-order valence-corrected chi connectivity index (χ3v) is 6.22. The van der Waals surface area contributed by atoms with E-state index < -0.39 is 0 Å². The van der Waals surface area contributed by atoms with Gasteiger partial charge in [-0.05, 0) is 36.1 Å². The summed E-state index contributed by atoms with van der Waals surface area (Å²) in [5.41, 5.74) is 4.82. The zero-order valence-electron chi connectivity index (χ0n) is 9.50. The highest BCUT2D eigenvalue weighted by Crippen LogP contribution is 2.34. The van der Waals surface area contributed by atoms with Gasteiger partial charge in [-0.25, -0.2) is 0 Å². The summed E-state index contributed by atoms with van der Waals surface area (Å²) in [6.45, 7) is 2.38. The first kappa shape index (κ1) is 9.61. The molecule has 0 amide bonds. The van der Waals surface area contributed by atoms with Crippen molar-refractivity contribution in [3.05, 3.63) is 34.9 Å². The van der Waals surface area contributed by atoms with Crippen molar-refractivity contribution in [2.45, 2.75) is 31.0 Å². The molecule has 15 heavy (non-hydrogen) atoms. The van der Waals surface area contributed by atoms with Crippen molar-refractivity contribution >= 4 is 9.52 Å². The Morgan fingerprint density at radius 2 is 2.13 bits per heavy atom. The molecule has 0 aliphatic carbocycles. The van der Waals surface area contributed by atoms with Gasteiger partial charge in [-0.3, -0.25) is 0 Å². The van der Waals surface area contributed by atoms with Gasteiger partial charge in [0.25, 0.3) is 0 Å². The maximum absolute atomic E-state index is 2.50. The Hall–Kier alpha value is -0.603. The van der Waals surface area contributed by atoms with E-state index in [1.165, 1.54) is 13.0 Å². The third-order valence-electron chi connectivity index (χ3n) is 4.01. The molecule has 2 aliphatic heterocycles. The molecule has 1 fully saturated rings. The summed E-state index contributed by atoms with van der Waals surface area (Å²) < 4.78 is 0. The highest BCUT2D eigenvalue weighted by atomic mass is 28.2. The van der Waals surface area contributed by atoms with Crippen LogP contribution in [-0.2, 0) is 13.0 Å². The first-order valence-corrected chi connectivity index (χ1v) is 8.13. The summed E-state index contributed by atoms with van der Waals surface area (Å²) in [4.78, 5) is 2.41. The minimum atomic E-state index is 0.377. The molecular formula is C13H19NSi. The van der Waals surface area contributed by atoms with Crippen LogP contribution in [-0.4, -0.2) is 28.0 Å². The Bertz CT molecular complexity index is 371. The minimum Gasteiger partial charge on any atom is -0.302 e. The molecule has 0 spiro atoms. The van der Waals surface area contributed by atoms with Crippen molar-refractivity contribution in [3.8, 4) is 0 Å². The van der Waals surface area contributed by atoms with Crippen LogP contribution in [0.2, 0.25) is 12.1 Å². The number of rotatable bonds is 1. The maximum atomic E-state index is 2.50. The predicted molar refractivity (Wildman–Crippen MR) is 67.4 cm³/mol. The van der Waals surface area contributed by atoms with Gasteiger partial charge in [0, 0.05) is 22.6 Å². The van der Waals surface area contributed by atoms with Crippen LogP contribution in [0, 0.1) is 0 Å². The van der Waals surface area contributed by atoms with Gasteiger partial charge in [-0.1, -0.05) is 30.3 Å². The van der Waals surface area contributed by atoms with Gasteiger partial charge in [-0.2, -0.15) is 0 Å². The second kappa shape index (κ2) is 3.76. The lowest BCUT2D eigenvalue weighted by Crippen LogP contribution is -2.27. The second-order valence-corrected chi connectivity index (χ2v) is 7.01. The Kier molecular flexibility index (Phi) is 2.41. The second-order valence-electron chi connectivity index (χ2n) is 5.14. The van der Waals surface area contributed by atoms with E-state index in [0.717, 1.165) is 12.5 Å². The van der Waals surface area contributed by atoms with Gasteiger partial charge >= 0.3 is 0 Å². The fraction of sp³-hybridized carbons (Fsp3) is 0.538. The molecule has 1 saturated heterocycles. The number of fused-ring (bicyclic) bond motifs is 1. The normalized spacial score (nSPS) is 27.4. The Morgan fingerprint density at radius 1 is 1.27 bits per heavy atom. The van der Waals surface area contributed by atoms with Crippen molar-refractivity contribution in [1.29, 1.82) is 0 Å². The monoisotopic (exact) mass is 217 g/mol. The summed E-state index contributed by atoms with van der Waals surface area (Å²) in [6, 6.07) is 10.4. The standard InChI is InChI=1S/C13H19NSi/c1-14-5-4-11-6-10(13-8-15-9-13)2-3-12(11)7-14/h2-3,6,13H,4-5,7-9,15H2,1H3. The minimum absolute atomic E-state index is 0.377. The van der Waals surface area contributed by atoms with E-state index >= 15 is 0 Å². The quantitative estimate of drug-likeness (QED) is 0.648. The van der Waals surface area contributed by atoms with Crippen molar-refractivity contribution < 1.29 is 0 Å². The lowest BCUT2D eigenvalue weighted by Gasteiger charge is -2.29. The van der Waals surface area contributed by atoms with Crippen molar-refractivity contribution in [1.82, 2.24) is 4.90 Å². The molecule has 0 atom stereocenters. The fourth-order valence-corrected chi connectivity index (χ4v) is 4.19. The molecule has 0 saturated carbocycles. The van der Waals surface area contributed by atoms with E-state index in [9.17, 15) is 0 Å². The van der Waals surface area contributed by atoms with Crippen molar-refractivity contribution in [2.75, 3.05) is 13.6 Å². The van der Waals surface area contributed by atoms with E-state index in [4.69, 9.17) is 0 Å². The first-order valence-electron chi connectivity index (χ1n) is 6.13. The molecular weight excluding hydrogens is 198 g/mol. The van der Waals surface area contributed by atoms with Crippen LogP contribution < -0.4 is 0 Å². The van der Waals surface area contributed by atoms with E-state index in [2.05, 4.69) is 30.1 Å². The fourth-order valence-electron chi connectivity index (χ4n) is 2.71. The molecule has 1 aromatic carbocycles. The number of hydrogen-bond acceptors (Lipinski definition) is 1. The van der Waals surface area contributed by atoms with Crippen LogP contribution in [0.5, 0.6) is 0 Å². The molecule has 2 heterocycles. The molecule has 0 aromatic heterocycles. The lowest BCUT2D eigenvalue weighted by atomic mass is 9.93. The van der Waals surface area contributed by atoms with Crippen molar-refractivity contribution in [2.24, 2.45) is 0 Å². The molecule has 80 valence electrons. The molecule has 0 bridgehead atoms. The lowest BCUT2D eigenvalue weighted by molar-refractivity contribution is 0.313. The van der Waals surface area contributed by atoms with Gasteiger partial charge in [0.1, 0.15) is 0 Å². The Balaban J connectivity index is 1.88. The summed E-state index contributed by atoms with van der Waals surface area (Å²) >= 11 is 0. The maximum Gasteiger partial charge on any atom is 0.0233 e. The van der Waals surface area contributed by atoms with Crippen LogP contribution in [0.15, 0.2) is 18.2 Å². The Morgan fingerprint density at radius 3 is 2.87 bits per heavy atom. The molecule has 0 radical (unpaired) electrons. The summed E-state index contributed by atoms with van der Waals surface area (Å²) in [5.74, 6) is 0.946. The zero-order valence-corrected chi connectivity index (χ0v) is 10.9. The van der Waals surface area contributed by atoms with Gasteiger partial charge in [0.05, 0.1) is 0 Å². The van der Waals surface area contributed by atoms with E-state index in [0.29, 0.717) is 9.52 Å². The highest BCUT2D eigenvalue weighted by Gasteiger charge is 2.21. The topological polar surface area (TPSA) is 3.24 Å². The van der Waals surface area contributed by atoms with Gasteiger partial charge < -0.3 is 4.90 Å². The van der Waals surface area contributed by atoms with E-state index in [1.807, 2.05) is 0 Å². The summed E-state index contributed by atoms with van der Waals surface area (Å²) in [6.07, 6.45) is 1.25.